The summed E-state index contributed by atoms with van der Waals surface area (Å²) in [5.41, 5.74) is 0. The van der Waals surface area contributed by atoms with Gasteiger partial charge in [-0.2, -0.15) is 0 Å². The van der Waals surface area contributed by atoms with E-state index >= 15 is 0 Å². The van der Waals surface area contributed by atoms with Gasteiger partial charge in [-0.3, -0.25) is 4.79 Å². The molecule has 3 rings (SSSR count). The number of morpholine rings is 1. The van der Waals surface area contributed by atoms with E-state index in [1.165, 1.54) is 6.33 Å². The Bertz CT molecular complexity index is 481. The van der Waals surface area contributed by atoms with Crippen LogP contribution in [0.1, 0.15) is 12.8 Å². The number of hydrogen-bond acceptors (Lipinski definition) is 5. The lowest BCUT2D eigenvalue weighted by Crippen LogP contribution is -2.50. The number of rotatable bonds is 3. The molecule has 1 amide bonds. The van der Waals surface area contributed by atoms with Crippen LogP contribution in [-0.2, 0) is 9.53 Å². The SMILES string of the molecule is O=C(NC1CC1)C1CN(c2ncncc2F)CCO1. The topological polar surface area (TPSA) is 67.4 Å². The Labute approximate surface area is 110 Å². The molecule has 0 aromatic carbocycles. The normalized spacial score (nSPS) is 23.2. The third-order valence-electron chi connectivity index (χ3n) is 3.23. The summed E-state index contributed by atoms with van der Waals surface area (Å²) in [4.78, 5) is 21.2. The summed E-state index contributed by atoms with van der Waals surface area (Å²) in [6.45, 7) is 1.21. The zero-order valence-corrected chi connectivity index (χ0v) is 10.4. The van der Waals surface area contributed by atoms with Gasteiger partial charge < -0.3 is 15.0 Å². The highest BCUT2D eigenvalue weighted by Gasteiger charge is 2.32. The number of hydrogen-bond donors (Lipinski definition) is 1. The third-order valence-corrected chi connectivity index (χ3v) is 3.23. The van der Waals surface area contributed by atoms with Crippen molar-refractivity contribution in [1.29, 1.82) is 0 Å². The first-order valence-corrected chi connectivity index (χ1v) is 6.36. The van der Waals surface area contributed by atoms with Gasteiger partial charge >= 0.3 is 0 Å². The molecule has 1 unspecified atom stereocenters. The van der Waals surface area contributed by atoms with E-state index in [0.717, 1.165) is 19.0 Å². The van der Waals surface area contributed by atoms with Crippen LogP contribution in [0, 0.1) is 5.82 Å². The highest BCUT2D eigenvalue weighted by molar-refractivity contribution is 5.82. The van der Waals surface area contributed by atoms with Crippen LogP contribution < -0.4 is 10.2 Å². The number of ether oxygens (including phenoxy) is 1. The number of aromatic nitrogens is 2. The van der Waals surface area contributed by atoms with Crippen molar-refractivity contribution < 1.29 is 13.9 Å². The van der Waals surface area contributed by atoms with Gasteiger partial charge in [-0.1, -0.05) is 0 Å². The molecule has 1 atom stereocenters. The molecular formula is C12H15FN4O2. The Morgan fingerprint density at radius 2 is 2.37 bits per heavy atom. The Morgan fingerprint density at radius 3 is 3.11 bits per heavy atom. The lowest BCUT2D eigenvalue weighted by atomic mass is 10.2. The number of halogens is 1. The highest BCUT2D eigenvalue weighted by Crippen LogP contribution is 2.21. The number of amides is 1. The first-order valence-electron chi connectivity index (χ1n) is 6.36. The zero-order chi connectivity index (χ0) is 13.2. The van der Waals surface area contributed by atoms with E-state index in [0.29, 0.717) is 25.7 Å². The van der Waals surface area contributed by atoms with E-state index in [1.54, 1.807) is 4.90 Å². The van der Waals surface area contributed by atoms with E-state index in [9.17, 15) is 9.18 Å². The third kappa shape index (κ3) is 2.81. The number of anilines is 1. The molecule has 2 aliphatic rings. The van der Waals surface area contributed by atoms with E-state index in [2.05, 4.69) is 15.3 Å². The quantitative estimate of drug-likeness (QED) is 0.840. The van der Waals surface area contributed by atoms with Crippen LogP contribution >= 0.6 is 0 Å². The molecule has 6 nitrogen and oxygen atoms in total. The van der Waals surface area contributed by atoms with Crippen molar-refractivity contribution in [1.82, 2.24) is 15.3 Å². The smallest absolute Gasteiger partial charge is 0.251 e. The van der Waals surface area contributed by atoms with Crippen molar-refractivity contribution in [3.8, 4) is 0 Å². The first-order chi connectivity index (χ1) is 9.24. The minimum absolute atomic E-state index is 0.123. The molecule has 102 valence electrons. The Kier molecular flexibility index (Phi) is 3.29. The van der Waals surface area contributed by atoms with Gasteiger partial charge in [-0.05, 0) is 12.8 Å². The van der Waals surface area contributed by atoms with Crippen LogP contribution in [0.5, 0.6) is 0 Å². The van der Waals surface area contributed by atoms with Crippen molar-refractivity contribution in [2.75, 3.05) is 24.6 Å². The van der Waals surface area contributed by atoms with Crippen LogP contribution in [0.15, 0.2) is 12.5 Å². The predicted molar refractivity (Wildman–Crippen MR) is 65.1 cm³/mol. The Hall–Kier alpha value is -1.76. The van der Waals surface area contributed by atoms with Gasteiger partial charge in [-0.25, -0.2) is 14.4 Å². The fourth-order valence-electron chi connectivity index (χ4n) is 2.06. The van der Waals surface area contributed by atoms with Gasteiger partial charge in [-0.15, -0.1) is 0 Å². The molecule has 2 heterocycles. The maximum atomic E-state index is 13.6. The second kappa shape index (κ2) is 5.08. The molecule has 0 radical (unpaired) electrons. The lowest BCUT2D eigenvalue weighted by Gasteiger charge is -2.32. The number of nitrogens with zero attached hydrogens (tertiary/aromatic N) is 3. The lowest BCUT2D eigenvalue weighted by molar-refractivity contribution is -0.133. The summed E-state index contributed by atoms with van der Waals surface area (Å²) < 4.78 is 19.1. The Balaban J connectivity index is 1.67. The number of carbonyl (C=O) groups is 1. The Morgan fingerprint density at radius 1 is 1.53 bits per heavy atom. The predicted octanol–water partition coefficient (Wildman–Crippen LogP) is 0.0995. The van der Waals surface area contributed by atoms with Crippen molar-refractivity contribution in [2.24, 2.45) is 0 Å². The molecular weight excluding hydrogens is 251 g/mol. The van der Waals surface area contributed by atoms with Crippen molar-refractivity contribution >= 4 is 11.7 Å². The highest BCUT2D eigenvalue weighted by atomic mass is 19.1. The summed E-state index contributed by atoms with van der Waals surface area (Å²) in [6.07, 6.45) is 3.92. The summed E-state index contributed by atoms with van der Waals surface area (Å²) in [7, 11) is 0. The maximum Gasteiger partial charge on any atom is 0.251 e. The second-order valence-corrected chi connectivity index (χ2v) is 4.78. The van der Waals surface area contributed by atoms with Gasteiger partial charge in [0, 0.05) is 12.6 Å². The van der Waals surface area contributed by atoms with E-state index in [4.69, 9.17) is 4.74 Å². The molecule has 1 saturated heterocycles. The number of nitrogens with one attached hydrogen (secondary N) is 1. The van der Waals surface area contributed by atoms with E-state index in [1.807, 2.05) is 0 Å². The molecule has 1 saturated carbocycles. The van der Waals surface area contributed by atoms with Gasteiger partial charge in [0.1, 0.15) is 6.33 Å². The maximum absolute atomic E-state index is 13.6. The summed E-state index contributed by atoms with van der Waals surface area (Å²) in [5, 5.41) is 2.89. The van der Waals surface area contributed by atoms with Crippen molar-refractivity contribution in [3.63, 3.8) is 0 Å². The van der Waals surface area contributed by atoms with Crippen LogP contribution in [0.25, 0.3) is 0 Å². The summed E-state index contributed by atoms with van der Waals surface area (Å²) in [5.74, 6) is -0.380. The molecule has 7 heteroatoms. The van der Waals surface area contributed by atoms with Gasteiger partial charge in [0.2, 0.25) is 0 Å². The second-order valence-electron chi connectivity index (χ2n) is 4.78. The fraction of sp³-hybridized carbons (Fsp3) is 0.583. The van der Waals surface area contributed by atoms with Crippen molar-refractivity contribution in [2.45, 2.75) is 25.0 Å². The van der Waals surface area contributed by atoms with Gasteiger partial charge in [0.05, 0.1) is 19.3 Å². The molecule has 2 fully saturated rings. The van der Waals surface area contributed by atoms with Crippen molar-refractivity contribution in [3.05, 3.63) is 18.3 Å². The fourth-order valence-corrected chi connectivity index (χ4v) is 2.06. The zero-order valence-electron chi connectivity index (χ0n) is 10.4. The molecule has 0 bridgehead atoms. The molecule has 1 aromatic rings. The summed E-state index contributed by atoms with van der Waals surface area (Å²) >= 11 is 0. The molecule has 1 aliphatic carbocycles. The average Bonchev–Trinajstić information content (AvgIpc) is 3.23. The standard InChI is InChI=1S/C12H15FN4O2/c13-9-5-14-7-15-11(9)17-3-4-19-10(6-17)12(18)16-8-1-2-8/h5,7-8,10H,1-4,6H2,(H,16,18). The monoisotopic (exact) mass is 266 g/mol. The minimum atomic E-state index is -0.566. The molecule has 1 aromatic heterocycles. The van der Waals surface area contributed by atoms with Crippen LogP contribution in [0.2, 0.25) is 0 Å². The van der Waals surface area contributed by atoms with Crippen LogP contribution in [-0.4, -0.2) is 47.7 Å². The average molecular weight is 266 g/mol. The number of carbonyl (C=O) groups excluding carboxylic acids is 1. The summed E-state index contributed by atoms with van der Waals surface area (Å²) in [6, 6.07) is 0.294. The van der Waals surface area contributed by atoms with Crippen LogP contribution in [0.4, 0.5) is 10.2 Å². The van der Waals surface area contributed by atoms with E-state index in [-0.39, 0.29) is 11.7 Å². The first kappa shape index (κ1) is 12.3. The molecule has 1 aliphatic heterocycles. The minimum Gasteiger partial charge on any atom is -0.365 e. The van der Waals surface area contributed by atoms with E-state index < -0.39 is 11.9 Å². The van der Waals surface area contributed by atoms with Gasteiger partial charge in [0.15, 0.2) is 17.7 Å². The van der Waals surface area contributed by atoms with Crippen LogP contribution in [0.3, 0.4) is 0 Å². The van der Waals surface area contributed by atoms with Gasteiger partial charge in [0.25, 0.3) is 5.91 Å². The molecule has 0 spiro atoms. The largest absolute Gasteiger partial charge is 0.365 e. The molecule has 1 N–H and O–H groups in total. The molecule has 19 heavy (non-hydrogen) atoms.